The molecule has 114 valence electrons. The number of fused-ring (bicyclic) bond motifs is 1. The van der Waals surface area contributed by atoms with Crippen molar-refractivity contribution < 1.29 is 9.53 Å². The number of carbonyl (C=O) groups excluding carboxylic acids is 1. The molecule has 0 saturated carbocycles. The predicted molar refractivity (Wildman–Crippen MR) is 89.1 cm³/mol. The average molecular weight is 316 g/mol. The van der Waals surface area contributed by atoms with Crippen LogP contribution in [0.4, 0.5) is 5.69 Å². The molecule has 3 nitrogen and oxygen atoms in total. The van der Waals surface area contributed by atoms with Gasteiger partial charge in [-0.3, -0.25) is 4.79 Å². The van der Waals surface area contributed by atoms with Crippen LogP contribution >= 0.6 is 11.6 Å². The minimum absolute atomic E-state index is 0.0166. The maximum atomic E-state index is 12.8. The zero-order chi connectivity index (χ0) is 15.5. The van der Waals surface area contributed by atoms with E-state index in [1.54, 1.807) is 18.2 Å². The van der Waals surface area contributed by atoms with Crippen LogP contribution in [0.5, 0.6) is 5.75 Å². The summed E-state index contributed by atoms with van der Waals surface area (Å²) in [5, 5.41) is 0.470. The zero-order valence-corrected chi connectivity index (χ0v) is 13.3. The van der Waals surface area contributed by atoms with Gasteiger partial charge >= 0.3 is 0 Å². The summed E-state index contributed by atoms with van der Waals surface area (Å²) in [7, 11) is 0. The highest BCUT2D eigenvalue weighted by molar-refractivity contribution is 6.32. The molecule has 0 atom stereocenters. The van der Waals surface area contributed by atoms with Crippen LogP contribution in [-0.4, -0.2) is 19.1 Å². The van der Waals surface area contributed by atoms with Gasteiger partial charge in [0.1, 0.15) is 5.75 Å². The van der Waals surface area contributed by atoms with Gasteiger partial charge in [-0.25, -0.2) is 0 Å². The number of hydrogen-bond acceptors (Lipinski definition) is 2. The molecule has 1 amide bonds. The van der Waals surface area contributed by atoms with Crippen molar-refractivity contribution >= 4 is 23.2 Å². The van der Waals surface area contributed by atoms with E-state index in [1.807, 2.05) is 30.0 Å². The smallest absolute Gasteiger partial charge is 0.258 e. The van der Waals surface area contributed by atoms with Crippen molar-refractivity contribution in [1.82, 2.24) is 0 Å². The van der Waals surface area contributed by atoms with Gasteiger partial charge in [0, 0.05) is 17.8 Å². The standard InChI is InChI=1S/C18H18ClNO2/c1-2-22-17-10-9-14(12-15(17)19)18(21)20-11-5-7-13-6-3-4-8-16(13)20/h3-4,6,8-10,12H,2,5,7,11H2,1H3. The first-order valence-corrected chi connectivity index (χ1v) is 7.90. The fourth-order valence-corrected chi connectivity index (χ4v) is 3.04. The van der Waals surface area contributed by atoms with E-state index in [4.69, 9.17) is 16.3 Å². The van der Waals surface area contributed by atoms with Gasteiger partial charge in [0.2, 0.25) is 0 Å². The molecule has 1 heterocycles. The van der Waals surface area contributed by atoms with E-state index in [9.17, 15) is 4.79 Å². The Morgan fingerprint density at radius 1 is 1.27 bits per heavy atom. The molecule has 1 aliphatic heterocycles. The second kappa shape index (κ2) is 6.41. The minimum Gasteiger partial charge on any atom is -0.492 e. The number of ether oxygens (including phenoxy) is 1. The largest absolute Gasteiger partial charge is 0.492 e. The zero-order valence-electron chi connectivity index (χ0n) is 12.5. The Morgan fingerprint density at radius 2 is 2.09 bits per heavy atom. The number of hydrogen-bond donors (Lipinski definition) is 0. The van der Waals surface area contributed by atoms with Gasteiger partial charge in [0.05, 0.1) is 11.6 Å². The summed E-state index contributed by atoms with van der Waals surface area (Å²) in [6.45, 7) is 3.19. The summed E-state index contributed by atoms with van der Waals surface area (Å²) >= 11 is 6.20. The fourth-order valence-electron chi connectivity index (χ4n) is 2.81. The molecule has 0 spiro atoms. The summed E-state index contributed by atoms with van der Waals surface area (Å²) in [5.74, 6) is 0.594. The van der Waals surface area contributed by atoms with Gasteiger partial charge in [0.25, 0.3) is 5.91 Å². The monoisotopic (exact) mass is 315 g/mol. The third-order valence-electron chi connectivity index (χ3n) is 3.83. The lowest BCUT2D eigenvalue weighted by molar-refractivity contribution is 0.0985. The van der Waals surface area contributed by atoms with Gasteiger partial charge < -0.3 is 9.64 Å². The van der Waals surface area contributed by atoms with Crippen molar-refractivity contribution in [3.63, 3.8) is 0 Å². The summed E-state index contributed by atoms with van der Waals surface area (Å²) in [5.41, 5.74) is 2.81. The fraction of sp³-hybridized carbons (Fsp3) is 0.278. The van der Waals surface area contributed by atoms with Gasteiger partial charge in [-0.2, -0.15) is 0 Å². The Morgan fingerprint density at radius 3 is 2.86 bits per heavy atom. The van der Waals surface area contributed by atoms with Crippen molar-refractivity contribution in [2.75, 3.05) is 18.1 Å². The van der Waals surface area contributed by atoms with Crippen molar-refractivity contribution in [2.45, 2.75) is 19.8 Å². The highest BCUT2D eigenvalue weighted by Gasteiger charge is 2.23. The van der Waals surface area contributed by atoms with E-state index < -0.39 is 0 Å². The lowest BCUT2D eigenvalue weighted by Crippen LogP contribution is -2.35. The van der Waals surface area contributed by atoms with Crippen LogP contribution in [0.25, 0.3) is 0 Å². The SMILES string of the molecule is CCOc1ccc(C(=O)N2CCCc3ccccc32)cc1Cl. The second-order valence-corrected chi connectivity index (χ2v) is 5.67. The third-order valence-corrected chi connectivity index (χ3v) is 4.13. The molecule has 3 rings (SSSR count). The molecule has 2 aromatic carbocycles. The number of amides is 1. The van der Waals surface area contributed by atoms with Crippen molar-refractivity contribution in [3.8, 4) is 5.75 Å². The van der Waals surface area contributed by atoms with E-state index in [2.05, 4.69) is 6.07 Å². The predicted octanol–water partition coefficient (Wildman–Crippen LogP) is 4.33. The highest BCUT2D eigenvalue weighted by atomic mass is 35.5. The van der Waals surface area contributed by atoms with E-state index in [0.717, 1.165) is 25.1 Å². The van der Waals surface area contributed by atoms with Gasteiger partial charge in [-0.15, -0.1) is 0 Å². The minimum atomic E-state index is -0.0166. The lowest BCUT2D eigenvalue weighted by Gasteiger charge is -2.29. The van der Waals surface area contributed by atoms with Gasteiger partial charge in [0.15, 0.2) is 0 Å². The molecule has 0 saturated heterocycles. The Hall–Kier alpha value is -2.00. The number of para-hydroxylation sites is 1. The molecule has 2 aromatic rings. The van der Waals surface area contributed by atoms with Crippen molar-refractivity contribution in [3.05, 3.63) is 58.6 Å². The molecule has 0 bridgehead atoms. The maximum Gasteiger partial charge on any atom is 0.258 e. The second-order valence-electron chi connectivity index (χ2n) is 5.27. The molecule has 4 heteroatoms. The van der Waals surface area contributed by atoms with E-state index in [0.29, 0.717) is 22.9 Å². The summed E-state index contributed by atoms with van der Waals surface area (Å²) in [6.07, 6.45) is 2.00. The van der Waals surface area contributed by atoms with Gasteiger partial charge in [-0.05, 0) is 49.6 Å². The Kier molecular flexibility index (Phi) is 4.34. The number of carbonyl (C=O) groups is 1. The molecular weight excluding hydrogens is 298 g/mol. The molecule has 0 radical (unpaired) electrons. The molecule has 0 aliphatic carbocycles. The van der Waals surface area contributed by atoms with Crippen LogP contribution in [-0.2, 0) is 6.42 Å². The number of nitrogens with zero attached hydrogens (tertiary/aromatic N) is 1. The number of rotatable bonds is 3. The van der Waals surface area contributed by atoms with Crippen LogP contribution < -0.4 is 9.64 Å². The Bertz CT molecular complexity index is 699. The molecule has 22 heavy (non-hydrogen) atoms. The molecule has 0 N–H and O–H groups in total. The molecule has 0 fully saturated rings. The van der Waals surface area contributed by atoms with Crippen LogP contribution in [0.3, 0.4) is 0 Å². The first-order valence-electron chi connectivity index (χ1n) is 7.53. The third kappa shape index (κ3) is 2.81. The quantitative estimate of drug-likeness (QED) is 0.843. The maximum absolute atomic E-state index is 12.8. The number of aryl methyl sites for hydroxylation is 1. The highest BCUT2D eigenvalue weighted by Crippen LogP contribution is 2.30. The summed E-state index contributed by atoms with van der Waals surface area (Å²) < 4.78 is 5.42. The topological polar surface area (TPSA) is 29.5 Å². The number of halogens is 1. The summed E-state index contributed by atoms with van der Waals surface area (Å²) in [4.78, 5) is 14.6. The summed E-state index contributed by atoms with van der Waals surface area (Å²) in [6, 6.07) is 13.3. The van der Waals surface area contributed by atoms with E-state index in [-0.39, 0.29) is 5.91 Å². The molecule has 0 unspecified atom stereocenters. The van der Waals surface area contributed by atoms with Crippen molar-refractivity contribution in [1.29, 1.82) is 0 Å². The number of benzene rings is 2. The lowest BCUT2D eigenvalue weighted by atomic mass is 10.0. The Balaban J connectivity index is 1.90. The molecule has 0 aromatic heterocycles. The first kappa shape index (κ1) is 14.9. The van der Waals surface area contributed by atoms with Crippen LogP contribution in [0, 0.1) is 0 Å². The van der Waals surface area contributed by atoms with Crippen molar-refractivity contribution in [2.24, 2.45) is 0 Å². The number of anilines is 1. The first-order chi connectivity index (χ1) is 10.7. The van der Waals surface area contributed by atoms with Crippen LogP contribution in [0.15, 0.2) is 42.5 Å². The normalized spacial score (nSPS) is 13.6. The van der Waals surface area contributed by atoms with E-state index >= 15 is 0 Å². The van der Waals surface area contributed by atoms with Crippen LogP contribution in [0.2, 0.25) is 5.02 Å². The van der Waals surface area contributed by atoms with Crippen LogP contribution in [0.1, 0.15) is 29.3 Å². The average Bonchev–Trinajstić information content (AvgIpc) is 2.55. The molecular formula is C18H18ClNO2. The van der Waals surface area contributed by atoms with Gasteiger partial charge in [-0.1, -0.05) is 29.8 Å². The van der Waals surface area contributed by atoms with E-state index in [1.165, 1.54) is 5.56 Å². The molecule has 1 aliphatic rings. The Labute approximate surface area is 135 Å².